The minimum absolute atomic E-state index is 0.0637. The van der Waals surface area contributed by atoms with E-state index in [1.54, 1.807) is 6.07 Å². The van der Waals surface area contributed by atoms with Gasteiger partial charge < -0.3 is 14.2 Å². The van der Waals surface area contributed by atoms with Gasteiger partial charge in [-0.05, 0) is 31.2 Å². The third-order valence-corrected chi connectivity index (χ3v) is 4.15. The second-order valence-corrected chi connectivity index (χ2v) is 6.38. The Bertz CT molecular complexity index is 893. The van der Waals surface area contributed by atoms with Gasteiger partial charge >= 0.3 is 0 Å². The molecule has 0 saturated carbocycles. The summed E-state index contributed by atoms with van der Waals surface area (Å²) in [6.45, 7) is 2.34. The molecule has 0 spiro atoms. The molecule has 0 saturated heterocycles. The van der Waals surface area contributed by atoms with Crippen LogP contribution < -0.4 is 25.1 Å². The minimum Gasteiger partial charge on any atom is -0.489 e. The molecule has 28 heavy (non-hydrogen) atoms. The largest absolute Gasteiger partial charge is 0.489 e. The zero-order chi connectivity index (χ0) is 20.1. The van der Waals surface area contributed by atoms with Crippen molar-refractivity contribution in [3.63, 3.8) is 0 Å². The van der Waals surface area contributed by atoms with Gasteiger partial charge in [0.2, 0.25) is 0 Å². The molecule has 0 radical (unpaired) electrons. The number of para-hydroxylation sites is 1. The van der Waals surface area contributed by atoms with Gasteiger partial charge in [0.15, 0.2) is 29.2 Å². The highest BCUT2D eigenvalue weighted by atomic mass is 35.5. The van der Waals surface area contributed by atoms with Crippen LogP contribution in [0.5, 0.6) is 17.2 Å². The molecule has 148 valence electrons. The van der Waals surface area contributed by atoms with E-state index in [-0.39, 0.29) is 16.3 Å². The second kappa shape index (κ2) is 8.79. The standard InChI is InChI=1S/C19H18ClFN2O5/c1-11(28-15-6-3-2-5-14(15)21)18(24)22-23-19(25)12-9-13(20)17-16(10-12)26-7-4-8-27-17/h2-3,5-6,9-11H,4,7-8H2,1H3,(H,22,24)(H,23,25). The number of carbonyl (C=O) groups is 2. The second-order valence-electron chi connectivity index (χ2n) is 5.97. The maximum Gasteiger partial charge on any atom is 0.279 e. The van der Waals surface area contributed by atoms with Gasteiger partial charge in [0.1, 0.15) is 0 Å². The number of hydrazine groups is 1. The van der Waals surface area contributed by atoms with E-state index in [1.807, 2.05) is 0 Å². The number of rotatable bonds is 4. The molecule has 1 heterocycles. The quantitative estimate of drug-likeness (QED) is 0.760. The topological polar surface area (TPSA) is 85.9 Å². The first-order valence-electron chi connectivity index (χ1n) is 8.56. The summed E-state index contributed by atoms with van der Waals surface area (Å²) in [5.41, 5.74) is 4.67. The molecule has 0 fully saturated rings. The number of amides is 2. The van der Waals surface area contributed by atoms with Gasteiger partial charge in [-0.3, -0.25) is 20.4 Å². The lowest BCUT2D eigenvalue weighted by molar-refractivity contribution is -0.128. The van der Waals surface area contributed by atoms with Crippen LogP contribution in [0.15, 0.2) is 36.4 Å². The predicted molar refractivity (Wildman–Crippen MR) is 99.2 cm³/mol. The lowest BCUT2D eigenvalue weighted by Gasteiger charge is -2.16. The van der Waals surface area contributed by atoms with Gasteiger partial charge in [-0.15, -0.1) is 0 Å². The van der Waals surface area contributed by atoms with Crippen molar-refractivity contribution < 1.29 is 28.2 Å². The van der Waals surface area contributed by atoms with E-state index < -0.39 is 23.7 Å². The van der Waals surface area contributed by atoms with E-state index in [1.165, 1.54) is 37.3 Å². The fraction of sp³-hybridized carbons (Fsp3) is 0.263. The molecule has 2 N–H and O–H groups in total. The maximum absolute atomic E-state index is 13.6. The number of ether oxygens (including phenoxy) is 3. The van der Waals surface area contributed by atoms with E-state index in [9.17, 15) is 14.0 Å². The number of nitrogens with one attached hydrogen (secondary N) is 2. The summed E-state index contributed by atoms with van der Waals surface area (Å²) in [5.74, 6) is -1.18. The third-order valence-electron chi connectivity index (χ3n) is 3.87. The molecular formula is C19H18ClFN2O5. The number of fused-ring (bicyclic) bond motifs is 1. The third kappa shape index (κ3) is 4.64. The molecule has 0 bridgehead atoms. The Kier molecular flexibility index (Phi) is 6.20. The van der Waals surface area contributed by atoms with Crippen molar-refractivity contribution in [2.75, 3.05) is 13.2 Å². The average molecular weight is 409 g/mol. The first kappa shape index (κ1) is 19.8. The van der Waals surface area contributed by atoms with Gasteiger partial charge in [-0.25, -0.2) is 4.39 Å². The molecule has 0 aliphatic carbocycles. The van der Waals surface area contributed by atoms with Crippen LogP contribution in [-0.4, -0.2) is 31.1 Å². The fourth-order valence-electron chi connectivity index (χ4n) is 2.44. The molecular weight excluding hydrogens is 391 g/mol. The zero-order valence-corrected chi connectivity index (χ0v) is 15.7. The van der Waals surface area contributed by atoms with Crippen molar-refractivity contribution in [1.82, 2.24) is 10.9 Å². The fourth-order valence-corrected chi connectivity index (χ4v) is 2.70. The smallest absolute Gasteiger partial charge is 0.279 e. The van der Waals surface area contributed by atoms with E-state index >= 15 is 0 Å². The lowest BCUT2D eigenvalue weighted by atomic mass is 10.2. The van der Waals surface area contributed by atoms with Gasteiger partial charge in [0.05, 0.1) is 18.2 Å². The number of benzene rings is 2. The van der Waals surface area contributed by atoms with Crippen LogP contribution in [0.4, 0.5) is 4.39 Å². The minimum atomic E-state index is -1.04. The highest BCUT2D eigenvalue weighted by molar-refractivity contribution is 6.32. The molecule has 1 aliphatic rings. The molecule has 0 aromatic heterocycles. The molecule has 2 aromatic carbocycles. The van der Waals surface area contributed by atoms with Crippen molar-refractivity contribution in [3.05, 3.63) is 52.8 Å². The highest BCUT2D eigenvalue weighted by Gasteiger charge is 2.20. The van der Waals surface area contributed by atoms with Gasteiger partial charge in [0, 0.05) is 12.0 Å². The molecule has 2 amide bonds. The molecule has 1 atom stereocenters. The summed E-state index contributed by atoms with van der Waals surface area (Å²) in [5, 5.41) is 0.229. The highest BCUT2D eigenvalue weighted by Crippen LogP contribution is 2.37. The Labute approximate surface area is 165 Å². The van der Waals surface area contributed by atoms with E-state index in [0.29, 0.717) is 31.1 Å². The van der Waals surface area contributed by atoms with Crippen LogP contribution in [0, 0.1) is 5.82 Å². The van der Waals surface area contributed by atoms with E-state index in [2.05, 4.69) is 10.9 Å². The molecule has 3 rings (SSSR count). The lowest BCUT2D eigenvalue weighted by Crippen LogP contribution is -2.47. The monoisotopic (exact) mass is 408 g/mol. The van der Waals surface area contributed by atoms with Gasteiger partial charge in [0.25, 0.3) is 11.8 Å². The van der Waals surface area contributed by atoms with Crippen molar-refractivity contribution in [2.24, 2.45) is 0 Å². The van der Waals surface area contributed by atoms with Crippen LogP contribution in [0.25, 0.3) is 0 Å². The van der Waals surface area contributed by atoms with Crippen molar-refractivity contribution in [3.8, 4) is 17.2 Å². The summed E-state index contributed by atoms with van der Waals surface area (Å²) >= 11 is 6.15. The first-order chi connectivity index (χ1) is 13.5. The Morgan fingerprint density at radius 3 is 2.71 bits per heavy atom. The summed E-state index contributed by atoms with van der Waals surface area (Å²) in [4.78, 5) is 24.4. The molecule has 1 unspecified atom stereocenters. The normalized spacial score (nSPS) is 13.8. The Morgan fingerprint density at radius 1 is 1.18 bits per heavy atom. The number of halogens is 2. The molecule has 9 heteroatoms. The number of carbonyl (C=O) groups excluding carboxylic acids is 2. The number of hydrogen-bond acceptors (Lipinski definition) is 5. The summed E-state index contributed by atoms with van der Waals surface area (Å²) in [7, 11) is 0. The van der Waals surface area contributed by atoms with Gasteiger partial charge in [-0.2, -0.15) is 0 Å². The van der Waals surface area contributed by atoms with Crippen molar-refractivity contribution in [2.45, 2.75) is 19.4 Å². The van der Waals surface area contributed by atoms with Crippen LogP contribution in [0.2, 0.25) is 5.02 Å². The molecule has 1 aliphatic heterocycles. The molecule has 2 aromatic rings. The summed E-state index contributed by atoms with van der Waals surface area (Å²) < 4.78 is 29.9. The Hall–Kier alpha value is -3.00. The average Bonchev–Trinajstić information content (AvgIpc) is 2.93. The summed E-state index contributed by atoms with van der Waals surface area (Å²) in [6.07, 6.45) is -0.341. The van der Waals surface area contributed by atoms with E-state index in [4.69, 9.17) is 25.8 Å². The van der Waals surface area contributed by atoms with Crippen molar-refractivity contribution >= 4 is 23.4 Å². The zero-order valence-electron chi connectivity index (χ0n) is 15.0. The van der Waals surface area contributed by atoms with Crippen LogP contribution in [0.1, 0.15) is 23.7 Å². The van der Waals surface area contributed by atoms with Crippen LogP contribution in [-0.2, 0) is 4.79 Å². The summed E-state index contributed by atoms with van der Waals surface area (Å²) in [6, 6.07) is 8.60. The Morgan fingerprint density at radius 2 is 1.93 bits per heavy atom. The SMILES string of the molecule is CC(Oc1ccccc1F)C(=O)NNC(=O)c1cc(Cl)c2c(c1)OCCCO2. The van der Waals surface area contributed by atoms with Crippen molar-refractivity contribution in [1.29, 1.82) is 0 Å². The van der Waals surface area contributed by atoms with Gasteiger partial charge in [-0.1, -0.05) is 23.7 Å². The first-order valence-corrected chi connectivity index (χ1v) is 8.94. The van der Waals surface area contributed by atoms with Crippen LogP contribution in [0.3, 0.4) is 0 Å². The Balaban J connectivity index is 1.60. The molecule has 7 nitrogen and oxygen atoms in total. The predicted octanol–water partition coefficient (Wildman–Crippen LogP) is 2.87. The number of hydrogen-bond donors (Lipinski definition) is 2. The van der Waals surface area contributed by atoms with E-state index in [0.717, 1.165) is 0 Å². The maximum atomic E-state index is 13.6. The van der Waals surface area contributed by atoms with Crippen LogP contribution >= 0.6 is 11.6 Å².